The number of carbonyl (C=O) groups excluding carboxylic acids is 3. The number of allylic oxidation sites excluding steroid dienone is 1. The summed E-state index contributed by atoms with van der Waals surface area (Å²) in [5, 5.41) is 1.97. The molecule has 1 saturated carbocycles. The number of likely N-dealkylation sites (tertiary alicyclic amines) is 1. The van der Waals surface area contributed by atoms with Crippen molar-refractivity contribution < 1.29 is 27.5 Å². The number of nitrogens with one attached hydrogen (secondary N) is 2. The molecule has 2 rings (SSSR count). The lowest BCUT2D eigenvalue weighted by molar-refractivity contribution is -0.139. The van der Waals surface area contributed by atoms with Crippen LogP contribution in [0.2, 0.25) is 0 Å². The predicted octanol–water partition coefficient (Wildman–Crippen LogP) is 0.499. The zero-order chi connectivity index (χ0) is 26.2. The maximum absolute atomic E-state index is 13.4. The van der Waals surface area contributed by atoms with Gasteiger partial charge in [-0.15, -0.1) is 13.2 Å². The Labute approximate surface area is 206 Å². The van der Waals surface area contributed by atoms with E-state index in [1.165, 1.54) is 17.1 Å². The van der Waals surface area contributed by atoms with Crippen LogP contribution >= 0.6 is 0 Å². The van der Waals surface area contributed by atoms with Gasteiger partial charge in [-0.3, -0.25) is 19.1 Å². The Morgan fingerprint density at radius 1 is 1.29 bits per heavy atom. The Hall–Kier alpha value is -2.99. The van der Waals surface area contributed by atoms with Gasteiger partial charge in [-0.25, -0.2) is 13.4 Å². The fourth-order valence-corrected chi connectivity index (χ4v) is 5.08. The maximum atomic E-state index is 13.4. The van der Waals surface area contributed by atoms with Crippen LogP contribution in [-0.2, 0) is 29.1 Å². The summed E-state index contributed by atoms with van der Waals surface area (Å²) in [5.74, 6) is -1.62. The molecule has 11 nitrogen and oxygen atoms in total. The molecule has 0 aromatic heterocycles. The quantitative estimate of drug-likeness (QED) is 0.196. The fraction of sp³-hybridized carbons (Fsp3) is 0.565. The minimum atomic E-state index is -3.87. The van der Waals surface area contributed by atoms with Gasteiger partial charge < -0.3 is 20.7 Å². The summed E-state index contributed by atoms with van der Waals surface area (Å²) in [6.45, 7) is 10.7. The van der Waals surface area contributed by atoms with Gasteiger partial charge in [0.1, 0.15) is 17.7 Å². The van der Waals surface area contributed by atoms with E-state index in [9.17, 15) is 22.8 Å². The van der Waals surface area contributed by atoms with Gasteiger partial charge in [0.05, 0.1) is 18.3 Å². The molecule has 2 fully saturated rings. The highest BCUT2D eigenvalue weighted by Crippen LogP contribution is 2.28. The van der Waals surface area contributed by atoms with Gasteiger partial charge in [0, 0.05) is 25.5 Å². The molecule has 3 atom stereocenters. The SMILES string of the molecule is C=CC[C@@](C=C)(NC(=O)[C@@H]1C[C@@H](OC(CC)=N/C=C\C)CN1C(=O)CN)C(=O)NS(=O)(=O)C1CC1. The molecule has 1 saturated heterocycles. The van der Waals surface area contributed by atoms with Crippen LogP contribution in [0.4, 0.5) is 0 Å². The molecule has 0 spiro atoms. The topological polar surface area (TPSA) is 160 Å². The Kier molecular flexibility index (Phi) is 9.78. The minimum Gasteiger partial charge on any atom is -0.475 e. The second-order valence-electron chi connectivity index (χ2n) is 8.43. The summed E-state index contributed by atoms with van der Waals surface area (Å²) in [7, 11) is -3.87. The maximum Gasteiger partial charge on any atom is 0.263 e. The van der Waals surface area contributed by atoms with Crippen molar-refractivity contribution in [2.75, 3.05) is 13.1 Å². The number of hydrogen-bond donors (Lipinski definition) is 3. The number of rotatable bonds is 12. The van der Waals surface area contributed by atoms with Crippen molar-refractivity contribution in [2.24, 2.45) is 10.7 Å². The van der Waals surface area contributed by atoms with Gasteiger partial charge >= 0.3 is 0 Å². The molecule has 3 amide bonds. The van der Waals surface area contributed by atoms with Crippen LogP contribution in [0, 0.1) is 0 Å². The van der Waals surface area contributed by atoms with Crippen LogP contribution in [0.25, 0.3) is 0 Å². The summed E-state index contributed by atoms with van der Waals surface area (Å²) in [5.41, 5.74) is 3.77. The molecule has 0 radical (unpaired) electrons. The van der Waals surface area contributed by atoms with Crippen molar-refractivity contribution in [1.29, 1.82) is 0 Å². The normalized spacial score (nSPS) is 22.4. The number of hydrogen-bond acceptors (Lipinski definition) is 8. The number of ether oxygens (including phenoxy) is 1. The van der Waals surface area contributed by atoms with E-state index < -0.39 is 50.7 Å². The molecular weight excluding hydrogens is 474 g/mol. The number of aliphatic imine (C=N–C) groups is 1. The van der Waals surface area contributed by atoms with Gasteiger partial charge in [-0.2, -0.15) is 0 Å². The third kappa shape index (κ3) is 7.01. The summed E-state index contributed by atoms with van der Waals surface area (Å²) in [6, 6.07) is -0.993. The van der Waals surface area contributed by atoms with Crippen molar-refractivity contribution in [1.82, 2.24) is 14.9 Å². The van der Waals surface area contributed by atoms with Gasteiger partial charge in [0.2, 0.25) is 21.8 Å². The van der Waals surface area contributed by atoms with E-state index in [1.807, 2.05) is 13.8 Å². The summed E-state index contributed by atoms with van der Waals surface area (Å²) in [4.78, 5) is 44.4. The van der Waals surface area contributed by atoms with Crippen molar-refractivity contribution in [3.05, 3.63) is 37.6 Å². The second kappa shape index (κ2) is 12.1. The van der Waals surface area contributed by atoms with E-state index in [0.717, 1.165) is 0 Å². The first-order valence-electron chi connectivity index (χ1n) is 11.5. The Balaban J connectivity index is 2.26. The van der Waals surface area contributed by atoms with Crippen LogP contribution in [0.15, 0.2) is 42.6 Å². The highest BCUT2D eigenvalue weighted by molar-refractivity contribution is 7.91. The molecule has 0 aromatic carbocycles. The Morgan fingerprint density at radius 2 is 1.97 bits per heavy atom. The zero-order valence-corrected chi connectivity index (χ0v) is 21.1. The van der Waals surface area contributed by atoms with Gasteiger partial charge in [0.25, 0.3) is 5.91 Å². The summed E-state index contributed by atoms with van der Waals surface area (Å²) >= 11 is 0. The van der Waals surface area contributed by atoms with E-state index in [1.54, 1.807) is 12.3 Å². The third-order valence-electron chi connectivity index (χ3n) is 5.80. The van der Waals surface area contributed by atoms with E-state index in [-0.39, 0.29) is 25.9 Å². The van der Waals surface area contributed by atoms with Crippen LogP contribution in [0.5, 0.6) is 0 Å². The van der Waals surface area contributed by atoms with E-state index in [4.69, 9.17) is 10.5 Å². The molecular formula is C23H35N5O6S. The number of carbonyl (C=O) groups is 3. The van der Waals surface area contributed by atoms with Crippen molar-refractivity contribution in [3.8, 4) is 0 Å². The monoisotopic (exact) mass is 509 g/mol. The lowest BCUT2D eigenvalue weighted by Gasteiger charge is -2.32. The third-order valence-corrected chi connectivity index (χ3v) is 7.62. The standard InChI is InChI=1S/C23H35N5O6S/c1-5-11-23(8-4,22(31)27-35(32,33)17-9-10-17)26-21(30)18-13-16(15-28(18)20(29)14-24)34-19(7-3)25-12-6-2/h5-6,8,12,16-18H,1,4,7,9-11,13-15,24H2,2-3H3,(H,26,30)(H,27,31)/b12-6-,25-19?/t16-,18+,23-/m1/s1. The van der Waals surface area contributed by atoms with E-state index in [0.29, 0.717) is 25.2 Å². The van der Waals surface area contributed by atoms with Crippen molar-refractivity contribution in [3.63, 3.8) is 0 Å². The second-order valence-corrected chi connectivity index (χ2v) is 10.4. The first-order chi connectivity index (χ1) is 16.6. The molecule has 1 aliphatic heterocycles. The minimum absolute atomic E-state index is 0.105. The largest absolute Gasteiger partial charge is 0.475 e. The fourth-order valence-electron chi connectivity index (χ4n) is 3.72. The lowest BCUT2D eigenvalue weighted by atomic mass is 9.93. The van der Waals surface area contributed by atoms with Gasteiger partial charge in [0.15, 0.2) is 5.90 Å². The highest BCUT2D eigenvalue weighted by Gasteiger charge is 2.46. The molecule has 0 aromatic rings. The average molecular weight is 510 g/mol. The summed E-state index contributed by atoms with van der Waals surface area (Å²) < 4.78 is 32.6. The first-order valence-corrected chi connectivity index (χ1v) is 13.1. The lowest BCUT2D eigenvalue weighted by Crippen LogP contribution is -2.61. The van der Waals surface area contributed by atoms with Gasteiger partial charge in [-0.1, -0.05) is 25.2 Å². The number of nitrogens with two attached hydrogens (primary N) is 1. The highest BCUT2D eigenvalue weighted by atomic mass is 32.2. The number of sulfonamides is 1. The van der Waals surface area contributed by atoms with Crippen LogP contribution in [0.1, 0.15) is 46.0 Å². The first kappa shape index (κ1) is 28.2. The average Bonchev–Trinajstić information content (AvgIpc) is 3.61. The van der Waals surface area contributed by atoms with Crippen molar-refractivity contribution in [2.45, 2.75) is 68.9 Å². The van der Waals surface area contributed by atoms with Crippen molar-refractivity contribution >= 4 is 33.6 Å². The Bertz CT molecular complexity index is 1000. The smallest absolute Gasteiger partial charge is 0.263 e. The molecule has 1 aliphatic carbocycles. The predicted molar refractivity (Wildman–Crippen MR) is 133 cm³/mol. The van der Waals surface area contributed by atoms with Crippen LogP contribution in [-0.4, -0.2) is 73.0 Å². The van der Waals surface area contributed by atoms with E-state index in [2.05, 4.69) is 28.2 Å². The Morgan fingerprint density at radius 3 is 2.49 bits per heavy atom. The molecule has 0 bridgehead atoms. The van der Waals surface area contributed by atoms with Gasteiger partial charge in [-0.05, 0) is 19.8 Å². The molecule has 1 heterocycles. The molecule has 12 heteroatoms. The molecule has 4 N–H and O–H groups in total. The van der Waals surface area contributed by atoms with Crippen LogP contribution in [0.3, 0.4) is 0 Å². The van der Waals surface area contributed by atoms with Crippen LogP contribution < -0.4 is 15.8 Å². The molecule has 194 valence electrons. The van der Waals surface area contributed by atoms with E-state index >= 15 is 0 Å². The molecule has 2 aliphatic rings. The summed E-state index contributed by atoms with van der Waals surface area (Å²) in [6.07, 6.45) is 6.82. The number of nitrogens with zero attached hydrogens (tertiary/aromatic N) is 2. The number of amides is 3. The molecule has 0 unspecified atom stereocenters. The molecule has 35 heavy (non-hydrogen) atoms. The zero-order valence-electron chi connectivity index (χ0n) is 20.2.